The molecule has 11 nitrogen and oxygen atoms in total. The van der Waals surface area contributed by atoms with Crippen LogP contribution < -0.4 is 5.73 Å². The number of halogens is 1. The number of nitrogens with two attached hydrogens (primary N) is 1. The Labute approximate surface area is 137 Å². The van der Waals surface area contributed by atoms with E-state index in [-0.39, 0.29) is 12.4 Å². The third-order valence-electron chi connectivity index (χ3n) is 3.68. The molecule has 4 rings (SSSR count). The highest BCUT2D eigenvalue weighted by Crippen LogP contribution is 2.52. The summed E-state index contributed by atoms with van der Waals surface area (Å²) in [4.78, 5) is 21.5. The van der Waals surface area contributed by atoms with Crippen molar-refractivity contribution in [3.05, 3.63) is 11.1 Å². The summed E-state index contributed by atoms with van der Waals surface area (Å²) in [5.41, 5.74) is 6.45. The number of nitrogens with zero attached hydrogens (tertiary/aromatic N) is 4. The van der Waals surface area contributed by atoms with Crippen LogP contribution in [0, 0.1) is 0 Å². The molecule has 2 fully saturated rings. The Morgan fingerprint density at radius 2 is 2.26 bits per heavy atom. The van der Waals surface area contributed by atoms with Crippen molar-refractivity contribution in [2.24, 2.45) is 0 Å². The average Bonchev–Trinajstić information content (AvgIpc) is 2.97. The molecule has 2 aliphatic heterocycles. The molecule has 0 aliphatic carbocycles. The first kappa shape index (κ1) is 15.4. The minimum absolute atomic E-state index is 0.173. The normalized spacial score (nSPS) is 37.2. The number of phosphoric acid groups is 1. The van der Waals surface area contributed by atoms with Gasteiger partial charge < -0.3 is 20.5 Å². The van der Waals surface area contributed by atoms with E-state index in [4.69, 9.17) is 19.5 Å². The number of aliphatic hydroxyl groups is 1. The number of imidazole rings is 1. The lowest BCUT2D eigenvalue weighted by Gasteiger charge is -2.27. The molecule has 4 heterocycles. The molecule has 1 unspecified atom stereocenters. The first-order valence-corrected chi connectivity index (χ1v) is 8.79. The molecule has 0 radical (unpaired) electrons. The van der Waals surface area contributed by atoms with Crippen molar-refractivity contribution in [1.29, 1.82) is 0 Å². The molecule has 0 aromatic carbocycles. The number of hydrogen-bond acceptors (Lipinski definition) is 9. The number of ether oxygens (including phenoxy) is 1. The van der Waals surface area contributed by atoms with E-state index in [1.165, 1.54) is 10.9 Å². The lowest BCUT2D eigenvalue weighted by atomic mass is 10.1. The highest BCUT2D eigenvalue weighted by Gasteiger charge is 2.53. The fraction of sp³-hybridized carbons (Fsp3) is 0.500. The van der Waals surface area contributed by atoms with Gasteiger partial charge in [0.1, 0.15) is 24.6 Å². The molecule has 23 heavy (non-hydrogen) atoms. The minimum Gasteiger partial charge on any atom is -0.386 e. The summed E-state index contributed by atoms with van der Waals surface area (Å²) in [6, 6.07) is 0. The van der Waals surface area contributed by atoms with Gasteiger partial charge in [0.05, 0.1) is 6.61 Å². The molecule has 4 N–H and O–H groups in total. The van der Waals surface area contributed by atoms with E-state index >= 15 is 0 Å². The fourth-order valence-corrected chi connectivity index (χ4v) is 4.19. The van der Waals surface area contributed by atoms with E-state index in [2.05, 4.69) is 30.9 Å². The summed E-state index contributed by atoms with van der Waals surface area (Å²) in [6.45, 7) is -0.173. The number of aromatic nitrogens is 4. The standard InChI is InChI=1S/C10H11BrN5O6P/c11-10-15-4-7(12)13-2-14-8(4)16(10)9-5(17)6-3(21-9)1-20-23(18,19)22-6/h2-3,5-6,9,17H,1H2,(H,18,19)(H2,12,13,14)/t3-,5+,6+,9-/m0/s1. The van der Waals surface area contributed by atoms with Gasteiger partial charge in [-0.2, -0.15) is 0 Å². The Bertz CT molecular complexity index is 831. The van der Waals surface area contributed by atoms with Crippen molar-refractivity contribution in [2.75, 3.05) is 12.3 Å². The number of anilines is 1. The van der Waals surface area contributed by atoms with Crippen molar-refractivity contribution in [1.82, 2.24) is 19.5 Å². The van der Waals surface area contributed by atoms with Crippen molar-refractivity contribution in [3.8, 4) is 0 Å². The van der Waals surface area contributed by atoms with E-state index in [0.29, 0.717) is 15.9 Å². The minimum atomic E-state index is -4.19. The molecule has 13 heteroatoms. The highest BCUT2D eigenvalue weighted by molar-refractivity contribution is 9.10. The van der Waals surface area contributed by atoms with Gasteiger partial charge in [-0.3, -0.25) is 13.6 Å². The van der Waals surface area contributed by atoms with Gasteiger partial charge in [-0.15, -0.1) is 0 Å². The molecule has 0 amide bonds. The molecule has 2 saturated heterocycles. The Morgan fingerprint density at radius 3 is 3.04 bits per heavy atom. The van der Waals surface area contributed by atoms with Gasteiger partial charge in [0, 0.05) is 0 Å². The summed E-state index contributed by atoms with van der Waals surface area (Å²) in [5.74, 6) is 0.179. The van der Waals surface area contributed by atoms with E-state index in [9.17, 15) is 14.6 Å². The maximum Gasteiger partial charge on any atom is 0.472 e. The van der Waals surface area contributed by atoms with Gasteiger partial charge in [-0.25, -0.2) is 19.5 Å². The second-order valence-electron chi connectivity index (χ2n) is 5.07. The monoisotopic (exact) mass is 407 g/mol. The molecule has 0 saturated carbocycles. The molecule has 2 aliphatic rings. The van der Waals surface area contributed by atoms with E-state index < -0.39 is 32.4 Å². The van der Waals surface area contributed by atoms with Crippen LogP contribution in [0.25, 0.3) is 11.2 Å². The summed E-state index contributed by atoms with van der Waals surface area (Å²) in [7, 11) is -4.19. The molecule has 2 aromatic rings. The zero-order valence-electron chi connectivity index (χ0n) is 11.3. The smallest absolute Gasteiger partial charge is 0.386 e. The second-order valence-corrected chi connectivity index (χ2v) is 7.19. The van der Waals surface area contributed by atoms with Crippen molar-refractivity contribution >= 4 is 40.7 Å². The van der Waals surface area contributed by atoms with Crippen LogP contribution in [-0.2, 0) is 18.3 Å². The Balaban J connectivity index is 1.76. The molecule has 5 atom stereocenters. The van der Waals surface area contributed by atoms with Crippen LogP contribution in [0.15, 0.2) is 11.1 Å². The van der Waals surface area contributed by atoms with Crippen LogP contribution in [0.4, 0.5) is 5.82 Å². The number of aliphatic hydroxyl groups excluding tert-OH is 1. The predicted molar refractivity (Wildman–Crippen MR) is 78.0 cm³/mol. The molecule has 2 aromatic heterocycles. The molecule has 124 valence electrons. The van der Waals surface area contributed by atoms with Crippen LogP contribution in [0.1, 0.15) is 6.23 Å². The van der Waals surface area contributed by atoms with Gasteiger partial charge in [0.2, 0.25) is 0 Å². The third-order valence-corrected chi connectivity index (χ3v) is 5.23. The number of fused-ring (bicyclic) bond motifs is 2. The average molecular weight is 408 g/mol. The molecular formula is C10H11BrN5O6P. The highest BCUT2D eigenvalue weighted by atomic mass is 79.9. The van der Waals surface area contributed by atoms with Crippen LogP contribution >= 0.6 is 23.8 Å². The number of phosphoric ester groups is 1. The SMILES string of the molecule is Nc1ncnc2c1nc(Br)n2[C@H]1O[C@H]2COP(=O)(O)O[C@H]2[C@H]1O. The first-order chi connectivity index (χ1) is 10.9. The molecule has 0 bridgehead atoms. The van der Waals surface area contributed by atoms with Crippen LogP contribution in [0.2, 0.25) is 0 Å². The largest absolute Gasteiger partial charge is 0.472 e. The topological polar surface area (TPSA) is 155 Å². The maximum atomic E-state index is 11.5. The third kappa shape index (κ3) is 2.38. The summed E-state index contributed by atoms with van der Waals surface area (Å²) in [6.07, 6.45) is -2.62. The van der Waals surface area contributed by atoms with E-state index in [1.54, 1.807) is 0 Å². The zero-order chi connectivity index (χ0) is 16.4. The van der Waals surface area contributed by atoms with Gasteiger partial charge in [0.25, 0.3) is 0 Å². The van der Waals surface area contributed by atoms with Gasteiger partial charge in [0.15, 0.2) is 27.9 Å². The van der Waals surface area contributed by atoms with Crippen LogP contribution in [0.5, 0.6) is 0 Å². The molecular weight excluding hydrogens is 397 g/mol. The second kappa shape index (κ2) is 5.18. The maximum absolute atomic E-state index is 11.5. The summed E-state index contributed by atoms with van der Waals surface area (Å²) >= 11 is 3.26. The summed E-state index contributed by atoms with van der Waals surface area (Å²) in [5, 5.41) is 10.5. The Kier molecular flexibility index (Phi) is 3.47. The summed E-state index contributed by atoms with van der Waals surface area (Å²) < 4.78 is 28.6. The fourth-order valence-electron chi connectivity index (χ4n) is 2.67. The van der Waals surface area contributed by atoms with Gasteiger partial charge >= 0.3 is 7.82 Å². The number of rotatable bonds is 1. The Morgan fingerprint density at radius 1 is 1.48 bits per heavy atom. The lowest BCUT2D eigenvalue weighted by Crippen LogP contribution is -2.39. The van der Waals surface area contributed by atoms with E-state index in [1.807, 2.05) is 0 Å². The Hall–Kier alpha value is -1.14. The zero-order valence-corrected chi connectivity index (χ0v) is 13.8. The first-order valence-electron chi connectivity index (χ1n) is 6.50. The number of nitrogen functional groups attached to an aromatic ring is 1. The van der Waals surface area contributed by atoms with Gasteiger partial charge in [-0.05, 0) is 15.9 Å². The van der Waals surface area contributed by atoms with Gasteiger partial charge in [-0.1, -0.05) is 0 Å². The number of hydrogen-bond donors (Lipinski definition) is 3. The van der Waals surface area contributed by atoms with Crippen LogP contribution in [-0.4, -0.2) is 54.4 Å². The van der Waals surface area contributed by atoms with Crippen molar-refractivity contribution in [3.63, 3.8) is 0 Å². The quantitative estimate of drug-likeness (QED) is 0.432. The predicted octanol–water partition coefficient (Wildman–Crippen LogP) is -0.0549. The van der Waals surface area contributed by atoms with Crippen LogP contribution in [0.3, 0.4) is 0 Å². The molecule has 0 spiro atoms. The van der Waals surface area contributed by atoms with E-state index in [0.717, 1.165) is 0 Å². The lowest BCUT2D eigenvalue weighted by molar-refractivity contribution is -0.0669. The van der Waals surface area contributed by atoms with Crippen molar-refractivity contribution < 1.29 is 28.3 Å². The van der Waals surface area contributed by atoms with Crippen molar-refractivity contribution in [2.45, 2.75) is 24.5 Å².